The van der Waals surface area contributed by atoms with E-state index in [1.54, 1.807) is 0 Å². The first kappa shape index (κ1) is 19.0. The zero-order valence-electron chi connectivity index (χ0n) is 17.1. The minimum Gasteiger partial charge on any atom is -0.454 e. The van der Waals surface area contributed by atoms with E-state index in [2.05, 4.69) is 51.5 Å². The lowest BCUT2D eigenvalue weighted by Crippen LogP contribution is -2.46. The van der Waals surface area contributed by atoms with Crippen LogP contribution in [0.2, 0.25) is 0 Å². The number of hydrogen-bond donors (Lipinski definition) is 1. The molecule has 5 rings (SSSR count). The van der Waals surface area contributed by atoms with Gasteiger partial charge in [-0.25, -0.2) is 0 Å². The van der Waals surface area contributed by atoms with Crippen LogP contribution in [0.1, 0.15) is 24.0 Å². The fraction of sp³-hybridized carbons (Fsp3) is 0.375. The minimum absolute atomic E-state index is 0.115. The van der Waals surface area contributed by atoms with Gasteiger partial charge in [0.2, 0.25) is 12.7 Å². The number of benzene rings is 2. The van der Waals surface area contributed by atoms with Gasteiger partial charge in [0, 0.05) is 56.6 Å². The van der Waals surface area contributed by atoms with E-state index in [1.807, 2.05) is 12.1 Å². The van der Waals surface area contributed by atoms with Crippen molar-refractivity contribution in [2.75, 3.05) is 49.7 Å². The summed E-state index contributed by atoms with van der Waals surface area (Å²) < 4.78 is 10.9. The number of amides is 1. The Morgan fingerprint density at radius 3 is 2.73 bits per heavy atom. The van der Waals surface area contributed by atoms with Crippen LogP contribution in [0.25, 0.3) is 6.08 Å². The fourth-order valence-electron chi connectivity index (χ4n) is 4.30. The van der Waals surface area contributed by atoms with Gasteiger partial charge in [0.25, 0.3) is 0 Å². The van der Waals surface area contributed by atoms with Crippen LogP contribution in [0.4, 0.5) is 11.4 Å². The van der Waals surface area contributed by atoms with Gasteiger partial charge >= 0.3 is 0 Å². The molecule has 1 saturated heterocycles. The Balaban J connectivity index is 1.09. The van der Waals surface area contributed by atoms with E-state index in [1.165, 1.54) is 16.8 Å². The minimum atomic E-state index is 0.115. The van der Waals surface area contributed by atoms with Crippen molar-refractivity contribution in [1.82, 2.24) is 4.90 Å². The van der Waals surface area contributed by atoms with Crippen molar-refractivity contribution in [1.29, 1.82) is 0 Å². The quantitative estimate of drug-likeness (QED) is 0.825. The van der Waals surface area contributed by atoms with Gasteiger partial charge in [-0.05, 0) is 48.2 Å². The van der Waals surface area contributed by atoms with E-state index in [-0.39, 0.29) is 5.91 Å². The number of piperazine rings is 1. The van der Waals surface area contributed by atoms with Gasteiger partial charge in [-0.15, -0.1) is 0 Å². The lowest BCUT2D eigenvalue weighted by Gasteiger charge is -2.36. The fourth-order valence-corrected chi connectivity index (χ4v) is 4.30. The van der Waals surface area contributed by atoms with E-state index in [0.29, 0.717) is 13.2 Å². The third-order valence-electron chi connectivity index (χ3n) is 6.04. The molecule has 0 spiro atoms. The zero-order chi connectivity index (χ0) is 20.3. The average Bonchev–Trinajstić information content (AvgIpc) is 3.25. The van der Waals surface area contributed by atoms with Gasteiger partial charge < -0.3 is 19.7 Å². The first-order valence-electron chi connectivity index (χ1n) is 10.7. The van der Waals surface area contributed by atoms with Gasteiger partial charge in [0.1, 0.15) is 0 Å². The second-order valence-corrected chi connectivity index (χ2v) is 8.02. The number of anilines is 2. The van der Waals surface area contributed by atoms with Gasteiger partial charge in [0.15, 0.2) is 11.5 Å². The van der Waals surface area contributed by atoms with Crippen molar-refractivity contribution in [3.05, 3.63) is 53.6 Å². The number of carbonyl (C=O) groups excluding carboxylic acids is 1. The summed E-state index contributed by atoms with van der Waals surface area (Å²) in [5.74, 6) is 1.81. The molecule has 0 aliphatic carbocycles. The van der Waals surface area contributed by atoms with E-state index >= 15 is 0 Å². The molecule has 0 aromatic heterocycles. The molecule has 3 heterocycles. The lowest BCUT2D eigenvalue weighted by atomic mass is 10.00. The monoisotopic (exact) mass is 405 g/mol. The zero-order valence-corrected chi connectivity index (χ0v) is 17.1. The molecule has 0 saturated carbocycles. The number of nitrogens with one attached hydrogen (secondary N) is 1. The molecule has 30 heavy (non-hydrogen) atoms. The molecule has 0 bridgehead atoms. The van der Waals surface area contributed by atoms with E-state index < -0.39 is 0 Å². The molecule has 6 nitrogen and oxygen atoms in total. The summed E-state index contributed by atoms with van der Waals surface area (Å²) >= 11 is 0. The Bertz CT molecular complexity index is 964. The third-order valence-corrected chi connectivity index (χ3v) is 6.04. The van der Waals surface area contributed by atoms with Crippen LogP contribution in [-0.4, -0.2) is 50.3 Å². The van der Waals surface area contributed by atoms with Crippen molar-refractivity contribution in [2.45, 2.75) is 19.3 Å². The maximum absolute atomic E-state index is 11.5. The topological polar surface area (TPSA) is 54.0 Å². The molecule has 3 aliphatic rings. The van der Waals surface area contributed by atoms with Gasteiger partial charge in [0.05, 0.1) is 0 Å². The molecule has 2 aromatic carbocycles. The Labute approximate surface area is 177 Å². The summed E-state index contributed by atoms with van der Waals surface area (Å²) in [5.41, 5.74) is 4.61. The van der Waals surface area contributed by atoms with E-state index in [9.17, 15) is 4.79 Å². The Morgan fingerprint density at radius 2 is 1.83 bits per heavy atom. The predicted octanol–water partition coefficient (Wildman–Crippen LogP) is 3.53. The van der Waals surface area contributed by atoms with Crippen molar-refractivity contribution in [2.24, 2.45) is 0 Å². The standard InChI is InChI=1S/C24H27N3O3/c28-24-9-5-19-15-18(4-7-21(19)25-24)3-1-2-10-26-11-13-27(14-12-26)20-6-8-22-23(16-20)30-17-29-22/h1,3-4,6-8,15-16H,2,5,9-14,17H2,(H,25,28)/b3-1+. The highest BCUT2D eigenvalue weighted by Crippen LogP contribution is 2.35. The molecule has 6 heteroatoms. The van der Waals surface area contributed by atoms with Crippen LogP contribution in [0, 0.1) is 0 Å². The molecule has 0 radical (unpaired) electrons. The van der Waals surface area contributed by atoms with Crippen LogP contribution in [0.5, 0.6) is 11.5 Å². The van der Waals surface area contributed by atoms with Gasteiger partial charge in [-0.2, -0.15) is 0 Å². The summed E-state index contributed by atoms with van der Waals surface area (Å²) in [7, 11) is 0. The SMILES string of the molecule is O=C1CCc2cc(/C=C/CCN3CCN(c4ccc5c(c4)OCO5)CC3)ccc2N1. The van der Waals surface area contributed by atoms with Crippen LogP contribution in [0.15, 0.2) is 42.5 Å². The number of nitrogens with zero attached hydrogens (tertiary/aromatic N) is 2. The molecular formula is C24H27N3O3. The molecule has 0 atom stereocenters. The average molecular weight is 405 g/mol. The molecule has 0 unspecified atom stereocenters. The second kappa shape index (κ2) is 8.40. The highest BCUT2D eigenvalue weighted by Gasteiger charge is 2.20. The van der Waals surface area contributed by atoms with Crippen molar-refractivity contribution in [3.8, 4) is 11.5 Å². The first-order valence-corrected chi connectivity index (χ1v) is 10.7. The molecule has 1 amide bonds. The summed E-state index contributed by atoms with van der Waals surface area (Å²) in [6.45, 7) is 5.59. The Kier molecular flexibility index (Phi) is 5.32. The Morgan fingerprint density at radius 1 is 0.967 bits per heavy atom. The maximum atomic E-state index is 11.5. The van der Waals surface area contributed by atoms with Crippen LogP contribution in [-0.2, 0) is 11.2 Å². The first-order chi connectivity index (χ1) is 14.7. The summed E-state index contributed by atoms with van der Waals surface area (Å²) in [6, 6.07) is 12.5. The summed E-state index contributed by atoms with van der Waals surface area (Å²) in [4.78, 5) is 16.4. The maximum Gasteiger partial charge on any atom is 0.231 e. The summed E-state index contributed by atoms with van der Waals surface area (Å²) in [5, 5.41) is 2.94. The number of hydrogen-bond acceptors (Lipinski definition) is 5. The van der Waals surface area contributed by atoms with Crippen LogP contribution >= 0.6 is 0 Å². The Hall–Kier alpha value is -2.99. The predicted molar refractivity (Wildman–Crippen MR) is 118 cm³/mol. The van der Waals surface area contributed by atoms with Crippen molar-refractivity contribution < 1.29 is 14.3 Å². The van der Waals surface area contributed by atoms with Gasteiger partial charge in [-0.3, -0.25) is 9.69 Å². The van der Waals surface area contributed by atoms with Crippen molar-refractivity contribution in [3.63, 3.8) is 0 Å². The normalized spacial score (nSPS) is 18.5. The molecule has 1 N–H and O–H groups in total. The third kappa shape index (κ3) is 4.14. The lowest BCUT2D eigenvalue weighted by molar-refractivity contribution is -0.116. The van der Waals surface area contributed by atoms with Crippen molar-refractivity contribution >= 4 is 23.4 Å². The number of ether oxygens (including phenoxy) is 2. The number of aryl methyl sites for hydroxylation is 1. The number of carbonyl (C=O) groups is 1. The molecule has 156 valence electrons. The highest BCUT2D eigenvalue weighted by molar-refractivity contribution is 5.94. The highest BCUT2D eigenvalue weighted by atomic mass is 16.7. The molecule has 1 fully saturated rings. The molecular weight excluding hydrogens is 378 g/mol. The molecule has 3 aliphatic heterocycles. The molecule has 2 aromatic rings. The largest absolute Gasteiger partial charge is 0.454 e. The number of fused-ring (bicyclic) bond motifs is 2. The smallest absolute Gasteiger partial charge is 0.231 e. The van der Waals surface area contributed by atoms with E-state index in [0.717, 1.165) is 62.8 Å². The number of rotatable bonds is 5. The van der Waals surface area contributed by atoms with Crippen LogP contribution in [0.3, 0.4) is 0 Å². The van der Waals surface area contributed by atoms with Crippen LogP contribution < -0.4 is 19.7 Å². The summed E-state index contributed by atoms with van der Waals surface area (Å²) in [6.07, 6.45) is 6.90. The van der Waals surface area contributed by atoms with E-state index in [4.69, 9.17) is 9.47 Å². The van der Waals surface area contributed by atoms with Gasteiger partial charge in [-0.1, -0.05) is 18.2 Å². The second-order valence-electron chi connectivity index (χ2n) is 8.02.